The Hall–Kier alpha value is -2.94. The van der Waals surface area contributed by atoms with Crippen molar-refractivity contribution in [2.45, 2.75) is 0 Å². The monoisotopic (exact) mass is 291 g/mol. The van der Waals surface area contributed by atoms with E-state index in [4.69, 9.17) is 9.57 Å². The molecule has 0 unspecified atom stereocenters. The SMILES string of the molecule is COc1ccc(-c2ccc(ONc3ccccc3)cc2)cc1. The minimum atomic E-state index is 0.765. The van der Waals surface area contributed by atoms with Crippen LogP contribution in [0.3, 0.4) is 0 Å². The molecule has 3 aromatic carbocycles. The molecule has 0 fully saturated rings. The molecule has 3 heteroatoms. The van der Waals surface area contributed by atoms with Gasteiger partial charge in [0.1, 0.15) is 5.75 Å². The van der Waals surface area contributed by atoms with E-state index in [1.807, 2.05) is 78.9 Å². The first-order chi connectivity index (χ1) is 10.8. The fraction of sp³-hybridized carbons (Fsp3) is 0.0526. The van der Waals surface area contributed by atoms with E-state index in [1.54, 1.807) is 7.11 Å². The van der Waals surface area contributed by atoms with Gasteiger partial charge in [-0.3, -0.25) is 0 Å². The third kappa shape index (κ3) is 3.38. The van der Waals surface area contributed by atoms with Gasteiger partial charge in [0.05, 0.1) is 12.8 Å². The van der Waals surface area contributed by atoms with Gasteiger partial charge in [0, 0.05) is 0 Å². The summed E-state index contributed by atoms with van der Waals surface area (Å²) >= 11 is 0. The van der Waals surface area contributed by atoms with Gasteiger partial charge in [0.25, 0.3) is 0 Å². The summed E-state index contributed by atoms with van der Waals surface area (Å²) in [5.74, 6) is 1.62. The van der Waals surface area contributed by atoms with Gasteiger partial charge in [-0.25, -0.2) is 5.48 Å². The number of ether oxygens (including phenoxy) is 1. The van der Waals surface area contributed by atoms with Crippen LogP contribution in [0.15, 0.2) is 78.9 Å². The van der Waals surface area contributed by atoms with Crippen LogP contribution >= 0.6 is 0 Å². The predicted octanol–water partition coefficient (Wildman–Crippen LogP) is 4.77. The molecule has 0 aliphatic rings. The first kappa shape index (κ1) is 14.0. The molecular weight excluding hydrogens is 274 g/mol. The number of anilines is 1. The predicted molar refractivity (Wildman–Crippen MR) is 89.1 cm³/mol. The average molecular weight is 291 g/mol. The highest BCUT2D eigenvalue weighted by Gasteiger charge is 2.00. The van der Waals surface area contributed by atoms with Crippen LogP contribution in [0.2, 0.25) is 0 Å². The summed E-state index contributed by atoms with van der Waals surface area (Å²) in [5.41, 5.74) is 6.11. The minimum absolute atomic E-state index is 0.765. The van der Waals surface area contributed by atoms with Crippen molar-refractivity contribution >= 4 is 5.69 Å². The number of hydrogen-bond acceptors (Lipinski definition) is 3. The highest BCUT2D eigenvalue weighted by atomic mass is 16.6. The maximum atomic E-state index is 5.55. The Kier molecular flexibility index (Phi) is 4.25. The lowest BCUT2D eigenvalue weighted by molar-refractivity contribution is 0.405. The van der Waals surface area contributed by atoms with Crippen LogP contribution in [-0.2, 0) is 0 Å². The van der Waals surface area contributed by atoms with Crippen LogP contribution in [0.1, 0.15) is 0 Å². The largest absolute Gasteiger partial charge is 0.497 e. The molecule has 0 spiro atoms. The van der Waals surface area contributed by atoms with Crippen molar-refractivity contribution in [2.24, 2.45) is 0 Å². The molecule has 0 aliphatic heterocycles. The van der Waals surface area contributed by atoms with Gasteiger partial charge in [-0.15, -0.1) is 0 Å². The molecule has 0 aliphatic carbocycles. The molecular formula is C19H17NO2. The summed E-state index contributed by atoms with van der Waals surface area (Å²) < 4.78 is 5.17. The van der Waals surface area contributed by atoms with E-state index in [0.717, 1.165) is 28.3 Å². The van der Waals surface area contributed by atoms with E-state index in [1.165, 1.54) is 0 Å². The van der Waals surface area contributed by atoms with Crippen molar-refractivity contribution in [3.63, 3.8) is 0 Å². The molecule has 3 rings (SSSR count). The van der Waals surface area contributed by atoms with Crippen LogP contribution < -0.4 is 15.1 Å². The van der Waals surface area contributed by atoms with E-state index in [9.17, 15) is 0 Å². The molecule has 3 nitrogen and oxygen atoms in total. The summed E-state index contributed by atoms with van der Waals surface area (Å²) in [5, 5.41) is 0. The second-order valence-corrected chi connectivity index (χ2v) is 4.82. The zero-order chi connectivity index (χ0) is 15.2. The Morgan fingerprint density at radius 1 is 0.636 bits per heavy atom. The van der Waals surface area contributed by atoms with Gasteiger partial charge in [0.2, 0.25) is 0 Å². The number of rotatable bonds is 5. The highest BCUT2D eigenvalue weighted by molar-refractivity contribution is 5.64. The first-order valence-electron chi connectivity index (χ1n) is 7.07. The smallest absolute Gasteiger partial charge is 0.155 e. The lowest BCUT2D eigenvalue weighted by Gasteiger charge is -2.09. The molecule has 0 aromatic heterocycles. The molecule has 22 heavy (non-hydrogen) atoms. The Morgan fingerprint density at radius 2 is 1.18 bits per heavy atom. The van der Waals surface area contributed by atoms with Crippen LogP contribution in [0, 0.1) is 0 Å². The number of para-hydroxylation sites is 1. The van der Waals surface area contributed by atoms with Crippen molar-refractivity contribution in [3.05, 3.63) is 78.9 Å². The number of hydrogen-bond donors (Lipinski definition) is 1. The van der Waals surface area contributed by atoms with Crippen LogP contribution in [0.4, 0.5) is 5.69 Å². The van der Waals surface area contributed by atoms with Gasteiger partial charge in [-0.2, -0.15) is 0 Å². The Labute approximate surface area is 130 Å². The van der Waals surface area contributed by atoms with Crippen molar-refractivity contribution in [2.75, 3.05) is 12.6 Å². The van der Waals surface area contributed by atoms with Crippen LogP contribution in [-0.4, -0.2) is 7.11 Å². The highest BCUT2D eigenvalue weighted by Crippen LogP contribution is 2.24. The van der Waals surface area contributed by atoms with E-state index in [2.05, 4.69) is 5.48 Å². The van der Waals surface area contributed by atoms with Crippen molar-refractivity contribution in [3.8, 4) is 22.6 Å². The Bertz CT molecular complexity index is 707. The summed E-state index contributed by atoms with van der Waals surface area (Å²) in [4.78, 5) is 5.55. The summed E-state index contributed by atoms with van der Waals surface area (Å²) in [6.07, 6.45) is 0. The quantitative estimate of drug-likeness (QED) is 0.687. The normalized spacial score (nSPS) is 10.0. The van der Waals surface area contributed by atoms with Gasteiger partial charge >= 0.3 is 0 Å². The number of nitrogens with one attached hydrogen (secondary N) is 1. The standard InChI is InChI=1S/C19H17NO2/c1-21-18-11-7-15(8-12-18)16-9-13-19(14-10-16)22-20-17-5-3-2-4-6-17/h2-14,20H,1H3. The minimum Gasteiger partial charge on any atom is -0.497 e. The third-order valence-electron chi connectivity index (χ3n) is 3.34. The fourth-order valence-electron chi connectivity index (χ4n) is 2.12. The third-order valence-corrected chi connectivity index (χ3v) is 3.34. The van der Waals surface area contributed by atoms with Gasteiger partial charge in [-0.1, -0.05) is 42.5 Å². The molecule has 0 heterocycles. The van der Waals surface area contributed by atoms with Gasteiger partial charge in [-0.05, 0) is 47.5 Å². The van der Waals surface area contributed by atoms with Gasteiger partial charge < -0.3 is 9.57 Å². The molecule has 110 valence electrons. The van der Waals surface area contributed by atoms with Crippen LogP contribution in [0.5, 0.6) is 11.5 Å². The Morgan fingerprint density at radius 3 is 1.73 bits per heavy atom. The van der Waals surface area contributed by atoms with Crippen molar-refractivity contribution < 1.29 is 9.57 Å². The molecule has 0 bridgehead atoms. The summed E-state index contributed by atoms with van der Waals surface area (Å²) in [7, 11) is 1.67. The number of methoxy groups -OCH3 is 1. The zero-order valence-electron chi connectivity index (χ0n) is 12.3. The average Bonchev–Trinajstić information content (AvgIpc) is 2.61. The topological polar surface area (TPSA) is 30.5 Å². The second kappa shape index (κ2) is 6.68. The number of benzene rings is 3. The molecule has 1 N–H and O–H groups in total. The molecule has 0 saturated heterocycles. The second-order valence-electron chi connectivity index (χ2n) is 4.82. The molecule has 0 amide bonds. The van der Waals surface area contributed by atoms with E-state index < -0.39 is 0 Å². The zero-order valence-corrected chi connectivity index (χ0v) is 12.3. The molecule has 0 saturated carbocycles. The molecule has 3 aromatic rings. The molecule has 0 atom stereocenters. The van der Waals surface area contributed by atoms with Crippen molar-refractivity contribution in [1.82, 2.24) is 0 Å². The van der Waals surface area contributed by atoms with E-state index in [0.29, 0.717) is 0 Å². The maximum Gasteiger partial charge on any atom is 0.155 e. The van der Waals surface area contributed by atoms with E-state index >= 15 is 0 Å². The van der Waals surface area contributed by atoms with E-state index in [-0.39, 0.29) is 0 Å². The maximum absolute atomic E-state index is 5.55. The lowest BCUT2D eigenvalue weighted by Crippen LogP contribution is -2.03. The molecule has 0 radical (unpaired) electrons. The summed E-state index contributed by atoms with van der Waals surface area (Å²) in [6.45, 7) is 0. The fourth-order valence-corrected chi connectivity index (χ4v) is 2.12. The van der Waals surface area contributed by atoms with Crippen LogP contribution in [0.25, 0.3) is 11.1 Å². The summed E-state index contributed by atoms with van der Waals surface area (Å²) in [6, 6.07) is 25.7. The Balaban J connectivity index is 1.67. The lowest BCUT2D eigenvalue weighted by atomic mass is 10.1. The van der Waals surface area contributed by atoms with Gasteiger partial charge in [0.15, 0.2) is 5.75 Å². The van der Waals surface area contributed by atoms with Crippen molar-refractivity contribution in [1.29, 1.82) is 0 Å². The first-order valence-corrected chi connectivity index (χ1v) is 7.07.